The number of benzene rings is 3. The molecule has 3 aromatic rings. The molecule has 31 heavy (non-hydrogen) atoms. The second kappa shape index (κ2) is 11.0. The molecular weight excluding hydrogens is 404 g/mol. The van der Waals surface area contributed by atoms with E-state index in [1.165, 1.54) is 10.8 Å². The van der Waals surface area contributed by atoms with Crippen LogP contribution in [0.15, 0.2) is 60.7 Å². The molecule has 3 aromatic carbocycles. The van der Waals surface area contributed by atoms with Gasteiger partial charge in [0.05, 0.1) is 11.8 Å². The standard InChI is InChI=1S/C26H30N2O2S/c1-18-8-6-9-19(2)26(18)28-24(29)12-7-15-31-17-25(30)27-20(3)22-14-13-21-10-4-5-11-23(21)16-22/h4-6,8-11,13-14,16,20H,7,12,15,17H2,1-3H3,(H,27,30)(H,28,29)/t20-/m1/s1. The molecule has 0 aliphatic carbocycles. The van der Waals surface area contributed by atoms with E-state index in [-0.39, 0.29) is 17.9 Å². The predicted octanol–water partition coefficient (Wildman–Crippen LogP) is 5.79. The van der Waals surface area contributed by atoms with Crippen LogP contribution in [-0.4, -0.2) is 23.3 Å². The number of para-hydroxylation sites is 1. The van der Waals surface area contributed by atoms with Gasteiger partial charge in [-0.2, -0.15) is 11.8 Å². The van der Waals surface area contributed by atoms with Crippen molar-refractivity contribution in [1.82, 2.24) is 5.32 Å². The van der Waals surface area contributed by atoms with Crippen LogP contribution in [0, 0.1) is 13.8 Å². The Morgan fingerprint density at radius 1 is 0.903 bits per heavy atom. The first kappa shape index (κ1) is 22.9. The number of rotatable bonds is 9. The van der Waals surface area contributed by atoms with Crippen molar-refractivity contribution in [3.8, 4) is 0 Å². The van der Waals surface area contributed by atoms with Gasteiger partial charge in [0.2, 0.25) is 11.8 Å². The molecule has 1 atom stereocenters. The monoisotopic (exact) mass is 434 g/mol. The molecule has 0 aromatic heterocycles. The van der Waals surface area contributed by atoms with Crippen molar-refractivity contribution in [2.45, 2.75) is 39.7 Å². The topological polar surface area (TPSA) is 58.2 Å². The van der Waals surface area contributed by atoms with Crippen LogP contribution in [-0.2, 0) is 9.59 Å². The summed E-state index contributed by atoms with van der Waals surface area (Å²) < 4.78 is 0. The molecule has 0 radical (unpaired) electrons. The molecule has 0 bridgehead atoms. The highest BCUT2D eigenvalue weighted by Gasteiger charge is 2.11. The summed E-state index contributed by atoms with van der Waals surface area (Å²) in [5.74, 6) is 1.21. The minimum atomic E-state index is -0.0409. The smallest absolute Gasteiger partial charge is 0.230 e. The van der Waals surface area contributed by atoms with E-state index in [1.807, 2.05) is 51.1 Å². The van der Waals surface area contributed by atoms with Gasteiger partial charge in [0.15, 0.2) is 0 Å². The molecular formula is C26H30N2O2S. The fourth-order valence-corrected chi connectivity index (χ4v) is 4.32. The molecule has 0 aliphatic heterocycles. The van der Waals surface area contributed by atoms with Gasteiger partial charge in [0, 0.05) is 12.1 Å². The second-order valence-corrected chi connectivity index (χ2v) is 8.97. The largest absolute Gasteiger partial charge is 0.349 e. The average Bonchev–Trinajstić information content (AvgIpc) is 2.75. The highest BCUT2D eigenvalue weighted by molar-refractivity contribution is 7.99. The Hall–Kier alpha value is -2.79. The van der Waals surface area contributed by atoms with E-state index in [0.29, 0.717) is 12.2 Å². The number of thioether (sulfide) groups is 1. The molecule has 2 amide bonds. The van der Waals surface area contributed by atoms with Gasteiger partial charge in [-0.25, -0.2) is 0 Å². The SMILES string of the molecule is Cc1cccc(C)c1NC(=O)CCCSCC(=O)N[C@H](C)c1ccc2ccccc2c1. The number of anilines is 1. The van der Waals surface area contributed by atoms with E-state index in [1.54, 1.807) is 11.8 Å². The van der Waals surface area contributed by atoms with Crippen molar-refractivity contribution in [2.75, 3.05) is 16.8 Å². The normalized spacial score (nSPS) is 11.8. The Labute approximate surface area is 188 Å². The number of aryl methyl sites for hydroxylation is 2. The molecule has 0 heterocycles. The highest BCUT2D eigenvalue weighted by Crippen LogP contribution is 2.21. The van der Waals surface area contributed by atoms with Crippen LogP contribution in [0.4, 0.5) is 5.69 Å². The highest BCUT2D eigenvalue weighted by atomic mass is 32.2. The first-order valence-electron chi connectivity index (χ1n) is 10.7. The molecule has 2 N–H and O–H groups in total. The lowest BCUT2D eigenvalue weighted by molar-refractivity contribution is -0.119. The lowest BCUT2D eigenvalue weighted by Crippen LogP contribution is -2.28. The van der Waals surface area contributed by atoms with Gasteiger partial charge in [-0.05, 0) is 66.5 Å². The lowest BCUT2D eigenvalue weighted by atomic mass is 10.0. The fourth-order valence-electron chi connectivity index (χ4n) is 3.56. The Morgan fingerprint density at radius 3 is 2.35 bits per heavy atom. The number of carbonyl (C=O) groups excluding carboxylic acids is 2. The molecule has 162 valence electrons. The number of hydrogen-bond donors (Lipinski definition) is 2. The number of carbonyl (C=O) groups is 2. The zero-order chi connectivity index (χ0) is 22.2. The van der Waals surface area contributed by atoms with Gasteiger partial charge in [-0.1, -0.05) is 54.6 Å². The van der Waals surface area contributed by atoms with Gasteiger partial charge >= 0.3 is 0 Å². The summed E-state index contributed by atoms with van der Waals surface area (Å²) in [6, 6.07) is 20.4. The van der Waals surface area contributed by atoms with Crippen LogP contribution in [0.3, 0.4) is 0 Å². The maximum absolute atomic E-state index is 12.3. The molecule has 0 aliphatic rings. The van der Waals surface area contributed by atoms with Crippen LogP contribution in [0.1, 0.15) is 42.5 Å². The van der Waals surface area contributed by atoms with E-state index in [2.05, 4.69) is 41.0 Å². The zero-order valence-corrected chi connectivity index (χ0v) is 19.2. The number of amides is 2. The van der Waals surface area contributed by atoms with Gasteiger partial charge in [0.25, 0.3) is 0 Å². The van der Waals surface area contributed by atoms with E-state index in [0.717, 1.165) is 34.6 Å². The van der Waals surface area contributed by atoms with Crippen LogP contribution in [0.5, 0.6) is 0 Å². The van der Waals surface area contributed by atoms with Gasteiger partial charge in [-0.15, -0.1) is 0 Å². The first-order chi connectivity index (χ1) is 14.9. The predicted molar refractivity (Wildman–Crippen MR) is 132 cm³/mol. The Morgan fingerprint density at radius 2 is 1.61 bits per heavy atom. The summed E-state index contributed by atoms with van der Waals surface area (Å²) in [6.45, 7) is 6.00. The summed E-state index contributed by atoms with van der Waals surface area (Å²) in [4.78, 5) is 24.5. The molecule has 0 fully saturated rings. The summed E-state index contributed by atoms with van der Waals surface area (Å²) in [6.07, 6.45) is 1.20. The van der Waals surface area contributed by atoms with Crippen molar-refractivity contribution in [3.63, 3.8) is 0 Å². The average molecular weight is 435 g/mol. The van der Waals surface area contributed by atoms with Gasteiger partial charge in [0.1, 0.15) is 0 Å². The van der Waals surface area contributed by atoms with E-state index in [4.69, 9.17) is 0 Å². The summed E-state index contributed by atoms with van der Waals surface area (Å²) in [5, 5.41) is 8.45. The molecule has 4 nitrogen and oxygen atoms in total. The third-order valence-corrected chi connectivity index (χ3v) is 6.37. The minimum absolute atomic E-state index is 0.0191. The Kier molecular flexibility index (Phi) is 8.13. The van der Waals surface area contributed by atoms with Crippen LogP contribution < -0.4 is 10.6 Å². The van der Waals surface area contributed by atoms with Crippen LogP contribution in [0.2, 0.25) is 0 Å². The number of nitrogens with one attached hydrogen (secondary N) is 2. The zero-order valence-electron chi connectivity index (χ0n) is 18.4. The molecule has 0 spiro atoms. The maximum atomic E-state index is 12.3. The number of fused-ring (bicyclic) bond motifs is 1. The number of hydrogen-bond acceptors (Lipinski definition) is 3. The summed E-state index contributed by atoms with van der Waals surface area (Å²) in [5.41, 5.74) is 4.14. The van der Waals surface area contributed by atoms with Crippen molar-refractivity contribution >= 4 is 40.0 Å². The Bertz CT molecular complexity index is 1040. The van der Waals surface area contributed by atoms with Crippen LogP contribution >= 0.6 is 11.8 Å². The summed E-state index contributed by atoms with van der Waals surface area (Å²) in [7, 11) is 0. The van der Waals surface area contributed by atoms with E-state index < -0.39 is 0 Å². The van der Waals surface area contributed by atoms with Crippen LogP contribution in [0.25, 0.3) is 10.8 Å². The third-order valence-electron chi connectivity index (χ3n) is 5.32. The first-order valence-corrected chi connectivity index (χ1v) is 11.8. The van der Waals surface area contributed by atoms with Crippen molar-refractivity contribution in [2.24, 2.45) is 0 Å². The van der Waals surface area contributed by atoms with Gasteiger partial charge in [-0.3, -0.25) is 9.59 Å². The second-order valence-electron chi connectivity index (χ2n) is 7.87. The summed E-state index contributed by atoms with van der Waals surface area (Å²) >= 11 is 1.56. The van der Waals surface area contributed by atoms with Crippen molar-refractivity contribution < 1.29 is 9.59 Å². The van der Waals surface area contributed by atoms with Gasteiger partial charge < -0.3 is 10.6 Å². The molecule has 3 rings (SSSR count). The molecule has 0 saturated heterocycles. The quantitative estimate of drug-likeness (QED) is 0.419. The molecule has 0 saturated carbocycles. The molecule has 5 heteroatoms. The van der Waals surface area contributed by atoms with E-state index in [9.17, 15) is 9.59 Å². The molecule has 0 unspecified atom stereocenters. The van der Waals surface area contributed by atoms with Crippen molar-refractivity contribution in [3.05, 3.63) is 77.4 Å². The Balaban J connectivity index is 1.36. The third kappa shape index (κ3) is 6.59. The van der Waals surface area contributed by atoms with E-state index >= 15 is 0 Å². The maximum Gasteiger partial charge on any atom is 0.230 e. The minimum Gasteiger partial charge on any atom is -0.349 e. The van der Waals surface area contributed by atoms with Crippen molar-refractivity contribution in [1.29, 1.82) is 0 Å². The fraction of sp³-hybridized carbons (Fsp3) is 0.308. The lowest BCUT2D eigenvalue weighted by Gasteiger charge is -2.15.